The van der Waals surface area contributed by atoms with Gasteiger partial charge in [0.2, 0.25) is 5.91 Å². The maximum Gasteiger partial charge on any atom is 0.407 e. The monoisotopic (exact) mass is 389 g/mol. The molecule has 0 spiro atoms. The highest BCUT2D eigenvalue weighted by molar-refractivity contribution is 5.86. The Morgan fingerprint density at radius 3 is 2.57 bits per heavy atom. The van der Waals surface area contributed by atoms with Gasteiger partial charge in [-0.2, -0.15) is 5.10 Å². The lowest BCUT2D eigenvalue weighted by molar-refractivity contribution is -0.131. The normalized spacial score (nSPS) is 15.0. The van der Waals surface area contributed by atoms with E-state index < -0.39 is 11.7 Å². The van der Waals surface area contributed by atoms with Crippen LogP contribution in [0.25, 0.3) is 11.0 Å². The molecule has 3 rings (SSSR count). The van der Waals surface area contributed by atoms with E-state index in [1.165, 1.54) is 0 Å². The number of aryl methyl sites for hydroxylation is 1. The van der Waals surface area contributed by atoms with Crippen LogP contribution < -0.4 is 10.2 Å². The highest BCUT2D eigenvalue weighted by atomic mass is 16.6. The molecule has 0 saturated carbocycles. The predicted molar refractivity (Wildman–Crippen MR) is 104 cm³/mol. The zero-order valence-corrected chi connectivity index (χ0v) is 16.8. The number of fused-ring (bicyclic) bond motifs is 1. The number of nitrogens with one attached hydrogen (secondary N) is 1. The first kappa shape index (κ1) is 19.8. The fourth-order valence-corrected chi connectivity index (χ4v) is 3.11. The third-order valence-electron chi connectivity index (χ3n) is 4.45. The summed E-state index contributed by atoms with van der Waals surface area (Å²) >= 11 is 0. The van der Waals surface area contributed by atoms with Gasteiger partial charge in [-0.15, -0.1) is 0 Å². The van der Waals surface area contributed by atoms with E-state index in [0.717, 1.165) is 16.9 Å². The maximum absolute atomic E-state index is 12.4. The second-order valence-electron chi connectivity index (χ2n) is 7.75. The Kier molecular flexibility index (Phi) is 5.66. The molecule has 1 saturated heterocycles. The molecule has 0 atom stereocenters. The van der Waals surface area contributed by atoms with Gasteiger partial charge in [-0.3, -0.25) is 9.48 Å². The number of amides is 2. The van der Waals surface area contributed by atoms with E-state index in [9.17, 15) is 9.59 Å². The molecule has 2 aromatic rings. The van der Waals surface area contributed by atoms with Gasteiger partial charge in [0.25, 0.3) is 0 Å². The quantitative estimate of drug-likeness (QED) is 0.829. The van der Waals surface area contributed by atoms with E-state index in [1.807, 2.05) is 11.9 Å². The van der Waals surface area contributed by atoms with Gasteiger partial charge in [0, 0.05) is 46.2 Å². The Morgan fingerprint density at radius 2 is 1.89 bits per heavy atom. The van der Waals surface area contributed by atoms with Gasteiger partial charge in [0.05, 0.1) is 11.6 Å². The predicted octanol–water partition coefficient (Wildman–Crippen LogP) is 0.927. The topological polar surface area (TPSA) is 105 Å². The third-order valence-corrected chi connectivity index (χ3v) is 4.45. The van der Waals surface area contributed by atoms with E-state index in [2.05, 4.69) is 25.3 Å². The molecule has 1 fully saturated rings. The molecule has 1 N–H and O–H groups in total. The molecule has 3 heterocycles. The van der Waals surface area contributed by atoms with Crippen molar-refractivity contribution in [2.24, 2.45) is 7.05 Å². The first-order valence-electron chi connectivity index (χ1n) is 9.37. The number of carbonyl (C=O) groups excluding carboxylic acids is 2. The van der Waals surface area contributed by atoms with E-state index >= 15 is 0 Å². The summed E-state index contributed by atoms with van der Waals surface area (Å²) < 4.78 is 6.88. The molecule has 1 aliphatic heterocycles. The zero-order valence-electron chi connectivity index (χ0n) is 16.8. The Balaban J connectivity index is 1.48. The third kappa shape index (κ3) is 4.68. The minimum absolute atomic E-state index is 0.0184. The summed E-state index contributed by atoms with van der Waals surface area (Å²) in [6.45, 7) is 8.25. The number of aromatic nitrogens is 4. The molecule has 10 nitrogen and oxygen atoms in total. The van der Waals surface area contributed by atoms with E-state index in [4.69, 9.17) is 4.74 Å². The van der Waals surface area contributed by atoms with Crippen molar-refractivity contribution >= 4 is 28.9 Å². The fraction of sp³-hybridized carbons (Fsp3) is 0.611. The van der Waals surface area contributed by atoms with Crippen molar-refractivity contribution in [1.82, 2.24) is 30.0 Å². The van der Waals surface area contributed by atoms with Crippen molar-refractivity contribution in [2.45, 2.75) is 32.8 Å². The van der Waals surface area contributed by atoms with Crippen LogP contribution in [-0.4, -0.2) is 75.0 Å². The lowest BCUT2D eigenvalue weighted by Gasteiger charge is -2.35. The van der Waals surface area contributed by atoms with Gasteiger partial charge >= 0.3 is 6.09 Å². The highest BCUT2D eigenvalue weighted by Crippen LogP contribution is 2.23. The van der Waals surface area contributed by atoms with Crippen LogP contribution >= 0.6 is 0 Å². The lowest BCUT2D eigenvalue weighted by atomic mass is 10.2. The molecule has 0 bridgehead atoms. The van der Waals surface area contributed by atoms with Crippen molar-refractivity contribution in [3.05, 3.63) is 12.5 Å². The number of alkyl carbamates (subject to hydrolysis) is 1. The van der Waals surface area contributed by atoms with Gasteiger partial charge < -0.3 is 19.9 Å². The molecule has 0 aliphatic carbocycles. The maximum atomic E-state index is 12.4. The Bertz CT molecular complexity index is 850. The second kappa shape index (κ2) is 7.99. The van der Waals surface area contributed by atoms with Crippen molar-refractivity contribution < 1.29 is 14.3 Å². The van der Waals surface area contributed by atoms with Crippen LogP contribution in [0.5, 0.6) is 0 Å². The largest absolute Gasteiger partial charge is 0.444 e. The molecule has 10 heteroatoms. The first-order valence-corrected chi connectivity index (χ1v) is 9.37. The number of hydrogen-bond donors (Lipinski definition) is 1. The smallest absolute Gasteiger partial charge is 0.407 e. The summed E-state index contributed by atoms with van der Waals surface area (Å²) in [7, 11) is 1.85. The SMILES string of the molecule is Cn1ncc2c(N3CCN(C(=O)CCNC(=O)OC(C)(C)C)CC3)ncnc21. The van der Waals surface area contributed by atoms with Crippen molar-refractivity contribution in [3.8, 4) is 0 Å². The van der Waals surface area contributed by atoms with Gasteiger partial charge in [-0.1, -0.05) is 0 Å². The Hall–Kier alpha value is -2.91. The number of carbonyl (C=O) groups is 2. The number of ether oxygens (including phenoxy) is 1. The molecule has 0 radical (unpaired) electrons. The lowest BCUT2D eigenvalue weighted by Crippen LogP contribution is -2.49. The average molecular weight is 389 g/mol. The minimum Gasteiger partial charge on any atom is -0.444 e. The van der Waals surface area contributed by atoms with Crippen LogP contribution in [-0.2, 0) is 16.6 Å². The molecular weight excluding hydrogens is 362 g/mol. The summed E-state index contributed by atoms with van der Waals surface area (Å²) in [4.78, 5) is 36.7. The van der Waals surface area contributed by atoms with Gasteiger partial charge in [0.15, 0.2) is 5.65 Å². The van der Waals surface area contributed by atoms with Gasteiger partial charge in [-0.25, -0.2) is 14.8 Å². The van der Waals surface area contributed by atoms with Crippen molar-refractivity contribution in [1.29, 1.82) is 0 Å². The summed E-state index contributed by atoms with van der Waals surface area (Å²) in [5, 5.41) is 7.77. The second-order valence-corrected chi connectivity index (χ2v) is 7.75. The fourth-order valence-electron chi connectivity index (χ4n) is 3.11. The average Bonchev–Trinajstić information content (AvgIpc) is 3.01. The van der Waals surface area contributed by atoms with Crippen LogP contribution in [0.4, 0.5) is 10.6 Å². The number of piperazine rings is 1. The first-order chi connectivity index (χ1) is 13.2. The molecule has 152 valence electrons. The molecule has 2 amide bonds. The molecule has 0 unspecified atom stereocenters. The minimum atomic E-state index is -0.550. The molecule has 1 aliphatic rings. The number of anilines is 1. The van der Waals surface area contributed by atoms with Gasteiger partial charge in [0.1, 0.15) is 17.7 Å². The Morgan fingerprint density at radius 1 is 1.18 bits per heavy atom. The molecule has 28 heavy (non-hydrogen) atoms. The van der Waals surface area contributed by atoms with Crippen LogP contribution in [0.1, 0.15) is 27.2 Å². The molecule has 2 aromatic heterocycles. The zero-order chi connectivity index (χ0) is 20.3. The van der Waals surface area contributed by atoms with Crippen LogP contribution in [0.2, 0.25) is 0 Å². The van der Waals surface area contributed by atoms with Crippen molar-refractivity contribution in [3.63, 3.8) is 0 Å². The van der Waals surface area contributed by atoms with Crippen LogP contribution in [0.15, 0.2) is 12.5 Å². The summed E-state index contributed by atoms with van der Waals surface area (Å²) in [5.74, 6) is 0.863. The van der Waals surface area contributed by atoms with E-state index in [0.29, 0.717) is 26.2 Å². The number of rotatable bonds is 4. The highest BCUT2D eigenvalue weighted by Gasteiger charge is 2.24. The summed E-state index contributed by atoms with van der Waals surface area (Å²) in [5.41, 5.74) is 0.238. The Labute approximate surface area is 163 Å². The van der Waals surface area contributed by atoms with E-state index in [1.54, 1.807) is 38.0 Å². The van der Waals surface area contributed by atoms with Crippen LogP contribution in [0, 0.1) is 0 Å². The van der Waals surface area contributed by atoms with Gasteiger partial charge in [-0.05, 0) is 20.8 Å². The summed E-state index contributed by atoms with van der Waals surface area (Å²) in [6, 6.07) is 0. The number of hydrogen-bond acceptors (Lipinski definition) is 7. The molecule has 0 aromatic carbocycles. The van der Waals surface area contributed by atoms with E-state index in [-0.39, 0.29) is 18.9 Å². The molecular formula is C18H27N7O3. The standard InChI is InChI=1S/C18H27N7O3/c1-18(2,3)28-17(27)19-6-5-14(26)24-7-9-25(10-8-24)16-13-11-22-23(4)15(13)20-12-21-16/h11-12H,5-10H2,1-4H3,(H,19,27). The van der Waals surface area contributed by atoms with Crippen LogP contribution in [0.3, 0.4) is 0 Å². The number of nitrogens with zero attached hydrogens (tertiary/aromatic N) is 6. The van der Waals surface area contributed by atoms with Crippen molar-refractivity contribution in [2.75, 3.05) is 37.6 Å². The summed E-state index contributed by atoms with van der Waals surface area (Å²) in [6.07, 6.45) is 3.05.